The van der Waals surface area contributed by atoms with E-state index in [0.29, 0.717) is 11.4 Å². The highest BCUT2D eigenvalue weighted by Crippen LogP contribution is 2.26. The van der Waals surface area contributed by atoms with E-state index in [1.807, 2.05) is 6.07 Å². The van der Waals surface area contributed by atoms with Crippen molar-refractivity contribution >= 4 is 44.8 Å². The molecule has 2 aromatic carbocycles. The Morgan fingerprint density at radius 1 is 1.00 bits per heavy atom. The molecule has 160 valence electrons. The van der Waals surface area contributed by atoms with Crippen molar-refractivity contribution in [2.24, 2.45) is 0 Å². The van der Waals surface area contributed by atoms with Crippen molar-refractivity contribution in [1.29, 1.82) is 0 Å². The van der Waals surface area contributed by atoms with Gasteiger partial charge in [-0.1, -0.05) is 17.7 Å². The lowest BCUT2D eigenvalue weighted by molar-refractivity contribution is -0.116. The van der Waals surface area contributed by atoms with E-state index in [4.69, 9.17) is 11.6 Å². The number of carbonyl (C=O) groups excluding carboxylic acids is 2. The Hall–Kier alpha value is -2.42. The highest BCUT2D eigenvalue weighted by Gasteiger charge is 2.18. The quantitative estimate of drug-likeness (QED) is 0.601. The number of amides is 2. The Labute approximate surface area is 181 Å². The molecule has 0 bridgehead atoms. The second kappa shape index (κ2) is 9.59. The zero-order valence-corrected chi connectivity index (χ0v) is 18.2. The van der Waals surface area contributed by atoms with E-state index < -0.39 is 10.0 Å². The molecule has 0 fully saturated rings. The number of aryl methyl sites for hydroxylation is 2. The Morgan fingerprint density at radius 2 is 1.73 bits per heavy atom. The summed E-state index contributed by atoms with van der Waals surface area (Å²) in [5, 5.41) is 5.53. The summed E-state index contributed by atoms with van der Waals surface area (Å²) in [5.74, 6) is -0.605. The SMILES string of the molecule is CC(=O)Nc1ccc(NC(=O)CCNS(=O)(=O)c2ccc3c(c2)CCCC3)cc1Cl. The van der Waals surface area contributed by atoms with Crippen LogP contribution in [0.4, 0.5) is 11.4 Å². The number of hydrogen-bond acceptors (Lipinski definition) is 4. The third-order valence-electron chi connectivity index (χ3n) is 4.84. The van der Waals surface area contributed by atoms with E-state index in [-0.39, 0.29) is 34.7 Å². The molecule has 1 aliphatic carbocycles. The standard InChI is InChI=1S/C21H24ClN3O4S/c1-14(26)24-20-9-7-17(13-19(20)22)25-21(27)10-11-23-30(28,29)18-8-6-15-4-2-3-5-16(15)12-18/h6-9,12-13,23H,2-5,10-11H2,1H3,(H,24,26)(H,25,27). The maximum atomic E-state index is 12.5. The molecule has 9 heteroatoms. The summed E-state index contributed by atoms with van der Waals surface area (Å²) in [6.07, 6.45) is 4.05. The minimum atomic E-state index is -3.68. The van der Waals surface area contributed by atoms with Gasteiger partial charge in [-0.05, 0) is 67.1 Å². The van der Waals surface area contributed by atoms with Crippen molar-refractivity contribution in [3.63, 3.8) is 0 Å². The number of carbonyl (C=O) groups is 2. The smallest absolute Gasteiger partial charge is 0.240 e. The maximum absolute atomic E-state index is 12.5. The van der Waals surface area contributed by atoms with E-state index in [2.05, 4.69) is 15.4 Å². The van der Waals surface area contributed by atoms with Crippen LogP contribution in [0.2, 0.25) is 5.02 Å². The number of sulfonamides is 1. The fraction of sp³-hybridized carbons (Fsp3) is 0.333. The van der Waals surface area contributed by atoms with Gasteiger partial charge in [0, 0.05) is 25.6 Å². The number of rotatable bonds is 7. The topological polar surface area (TPSA) is 104 Å². The lowest BCUT2D eigenvalue weighted by Crippen LogP contribution is -2.28. The van der Waals surface area contributed by atoms with Crippen LogP contribution < -0.4 is 15.4 Å². The molecule has 2 aromatic rings. The van der Waals surface area contributed by atoms with Gasteiger partial charge in [0.25, 0.3) is 0 Å². The van der Waals surface area contributed by atoms with Gasteiger partial charge >= 0.3 is 0 Å². The van der Waals surface area contributed by atoms with E-state index in [9.17, 15) is 18.0 Å². The van der Waals surface area contributed by atoms with Crippen LogP contribution >= 0.6 is 11.6 Å². The van der Waals surface area contributed by atoms with Crippen molar-refractivity contribution in [1.82, 2.24) is 4.72 Å². The number of hydrogen-bond donors (Lipinski definition) is 3. The number of fused-ring (bicyclic) bond motifs is 1. The first-order valence-electron chi connectivity index (χ1n) is 9.73. The average molecular weight is 450 g/mol. The first kappa shape index (κ1) is 22.3. The fourth-order valence-electron chi connectivity index (χ4n) is 3.37. The van der Waals surface area contributed by atoms with Crippen molar-refractivity contribution in [3.05, 3.63) is 52.5 Å². The largest absolute Gasteiger partial charge is 0.326 e. The molecule has 0 heterocycles. The molecular weight excluding hydrogens is 426 g/mol. The summed E-state index contributed by atoms with van der Waals surface area (Å²) in [6.45, 7) is 1.35. The Balaban J connectivity index is 1.54. The lowest BCUT2D eigenvalue weighted by atomic mass is 9.92. The van der Waals surface area contributed by atoms with E-state index in [1.54, 1.807) is 24.3 Å². The minimum Gasteiger partial charge on any atom is -0.326 e. The third kappa shape index (κ3) is 5.81. The van der Waals surface area contributed by atoms with Gasteiger partial charge in [0.15, 0.2) is 0 Å². The monoisotopic (exact) mass is 449 g/mol. The highest BCUT2D eigenvalue weighted by atomic mass is 35.5. The van der Waals surface area contributed by atoms with Crippen LogP contribution in [0.25, 0.3) is 0 Å². The molecule has 0 spiro atoms. The predicted octanol–water partition coefficient (Wildman–Crippen LogP) is 3.48. The van der Waals surface area contributed by atoms with E-state index in [0.717, 1.165) is 31.2 Å². The van der Waals surface area contributed by atoms with Gasteiger partial charge in [0.2, 0.25) is 21.8 Å². The zero-order chi connectivity index (χ0) is 21.7. The maximum Gasteiger partial charge on any atom is 0.240 e. The van der Waals surface area contributed by atoms with Gasteiger partial charge in [0.05, 0.1) is 15.6 Å². The fourth-order valence-corrected chi connectivity index (χ4v) is 4.68. The van der Waals surface area contributed by atoms with Crippen molar-refractivity contribution in [2.45, 2.75) is 43.9 Å². The van der Waals surface area contributed by atoms with Gasteiger partial charge in [-0.2, -0.15) is 0 Å². The molecule has 30 heavy (non-hydrogen) atoms. The molecule has 1 aliphatic rings. The molecule has 2 amide bonds. The number of anilines is 2. The molecule has 0 saturated carbocycles. The highest BCUT2D eigenvalue weighted by molar-refractivity contribution is 7.89. The van der Waals surface area contributed by atoms with Crippen molar-refractivity contribution in [3.8, 4) is 0 Å². The number of nitrogens with one attached hydrogen (secondary N) is 3. The number of halogens is 1. The van der Waals surface area contributed by atoms with Gasteiger partial charge in [-0.3, -0.25) is 9.59 Å². The molecule has 3 rings (SSSR count). The van der Waals surface area contributed by atoms with Crippen LogP contribution in [-0.2, 0) is 32.5 Å². The van der Waals surface area contributed by atoms with Crippen LogP contribution in [0.5, 0.6) is 0 Å². The molecule has 0 saturated heterocycles. The van der Waals surface area contributed by atoms with Crippen molar-refractivity contribution < 1.29 is 18.0 Å². The molecule has 0 aromatic heterocycles. The Morgan fingerprint density at radius 3 is 2.43 bits per heavy atom. The number of benzene rings is 2. The summed E-state index contributed by atoms with van der Waals surface area (Å²) in [5.41, 5.74) is 3.20. The van der Waals surface area contributed by atoms with Gasteiger partial charge in [-0.15, -0.1) is 0 Å². The van der Waals surface area contributed by atoms with Crippen LogP contribution in [0.15, 0.2) is 41.3 Å². The molecular formula is C21H24ClN3O4S. The summed E-state index contributed by atoms with van der Waals surface area (Å²) < 4.78 is 27.5. The summed E-state index contributed by atoms with van der Waals surface area (Å²) in [7, 11) is -3.68. The Kier molecular flexibility index (Phi) is 7.12. The zero-order valence-electron chi connectivity index (χ0n) is 16.6. The second-order valence-electron chi connectivity index (χ2n) is 7.21. The first-order valence-corrected chi connectivity index (χ1v) is 11.6. The molecule has 7 nitrogen and oxygen atoms in total. The molecule has 0 unspecified atom stereocenters. The van der Waals surface area contributed by atoms with Gasteiger partial charge < -0.3 is 10.6 Å². The first-order chi connectivity index (χ1) is 14.2. The summed E-state index contributed by atoms with van der Waals surface area (Å²) in [4.78, 5) is 23.5. The molecule has 0 aliphatic heterocycles. The molecule has 0 radical (unpaired) electrons. The van der Waals surface area contributed by atoms with Crippen LogP contribution in [0.3, 0.4) is 0 Å². The normalized spacial score (nSPS) is 13.4. The minimum absolute atomic E-state index is 0.0248. The molecule has 3 N–H and O–H groups in total. The van der Waals surface area contributed by atoms with Crippen molar-refractivity contribution in [2.75, 3.05) is 17.2 Å². The van der Waals surface area contributed by atoms with Gasteiger partial charge in [-0.25, -0.2) is 13.1 Å². The Bertz CT molecular complexity index is 1070. The van der Waals surface area contributed by atoms with Gasteiger partial charge in [0.1, 0.15) is 0 Å². The van der Waals surface area contributed by atoms with Crippen LogP contribution in [0.1, 0.15) is 37.3 Å². The summed E-state index contributed by atoms with van der Waals surface area (Å²) in [6, 6.07) is 9.93. The van der Waals surface area contributed by atoms with E-state index >= 15 is 0 Å². The lowest BCUT2D eigenvalue weighted by Gasteiger charge is -2.16. The van der Waals surface area contributed by atoms with Crippen LogP contribution in [-0.4, -0.2) is 26.8 Å². The third-order valence-corrected chi connectivity index (χ3v) is 6.61. The van der Waals surface area contributed by atoms with Crippen LogP contribution in [0, 0.1) is 0 Å². The van der Waals surface area contributed by atoms with E-state index in [1.165, 1.54) is 18.6 Å². The summed E-state index contributed by atoms with van der Waals surface area (Å²) >= 11 is 6.08. The second-order valence-corrected chi connectivity index (χ2v) is 9.38. The molecule has 0 atom stereocenters. The average Bonchev–Trinajstić information content (AvgIpc) is 2.69. The predicted molar refractivity (Wildman–Crippen MR) is 117 cm³/mol.